The standard InChI is InChI=1S/C13H11N/c1-9-7-14-8-13-11-5-3-2-4-10(11)6-12(9)13/h2-5,7-8H,6H2,1H3. The molecule has 0 aliphatic heterocycles. The number of nitrogens with zero attached hydrogens (tertiary/aromatic N) is 1. The van der Waals surface area contributed by atoms with E-state index < -0.39 is 0 Å². The molecule has 1 nitrogen and oxygen atoms in total. The fourth-order valence-electron chi connectivity index (χ4n) is 2.19. The summed E-state index contributed by atoms with van der Waals surface area (Å²) in [7, 11) is 0. The first kappa shape index (κ1) is 7.74. The second kappa shape index (κ2) is 2.68. The van der Waals surface area contributed by atoms with Crippen molar-refractivity contribution in [2.45, 2.75) is 13.3 Å². The van der Waals surface area contributed by atoms with Gasteiger partial charge in [-0.05, 0) is 35.6 Å². The first-order valence-electron chi connectivity index (χ1n) is 4.88. The molecule has 0 saturated carbocycles. The Bertz CT molecular complexity index is 500. The number of benzene rings is 1. The molecule has 0 amide bonds. The van der Waals surface area contributed by atoms with Crippen LogP contribution in [0.2, 0.25) is 0 Å². The summed E-state index contributed by atoms with van der Waals surface area (Å²) in [5.41, 5.74) is 6.86. The molecule has 1 heterocycles. The molecule has 1 aliphatic carbocycles. The van der Waals surface area contributed by atoms with Crippen molar-refractivity contribution in [2.24, 2.45) is 0 Å². The van der Waals surface area contributed by atoms with Crippen LogP contribution in [0.1, 0.15) is 16.7 Å². The number of rotatable bonds is 0. The molecule has 0 bridgehead atoms. The monoisotopic (exact) mass is 181 g/mol. The van der Waals surface area contributed by atoms with E-state index >= 15 is 0 Å². The highest BCUT2D eigenvalue weighted by Crippen LogP contribution is 2.36. The van der Waals surface area contributed by atoms with Gasteiger partial charge in [0.05, 0.1) is 0 Å². The number of fused-ring (bicyclic) bond motifs is 3. The van der Waals surface area contributed by atoms with Crippen LogP contribution in [0.5, 0.6) is 0 Å². The fraction of sp³-hybridized carbons (Fsp3) is 0.154. The van der Waals surface area contributed by atoms with Gasteiger partial charge >= 0.3 is 0 Å². The van der Waals surface area contributed by atoms with E-state index in [1.807, 2.05) is 12.4 Å². The highest BCUT2D eigenvalue weighted by molar-refractivity contribution is 5.76. The van der Waals surface area contributed by atoms with Gasteiger partial charge in [-0.15, -0.1) is 0 Å². The Morgan fingerprint density at radius 1 is 1.07 bits per heavy atom. The molecular weight excluding hydrogens is 170 g/mol. The molecule has 1 aliphatic rings. The van der Waals surface area contributed by atoms with Crippen LogP contribution in [0, 0.1) is 6.92 Å². The van der Waals surface area contributed by atoms with Gasteiger partial charge in [0.25, 0.3) is 0 Å². The molecule has 0 radical (unpaired) electrons. The van der Waals surface area contributed by atoms with E-state index in [1.54, 1.807) is 0 Å². The fourth-order valence-corrected chi connectivity index (χ4v) is 2.19. The summed E-state index contributed by atoms with van der Waals surface area (Å²) in [4.78, 5) is 4.25. The second-order valence-corrected chi connectivity index (χ2v) is 3.82. The van der Waals surface area contributed by atoms with Gasteiger partial charge in [-0.3, -0.25) is 4.98 Å². The maximum absolute atomic E-state index is 4.25. The molecule has 0 N–H and O–H groups in total. The van der Waals surface area contributed by atoms with Crippen LogP contribution >= 0.6 is 0 Å². The van der Waals surface area contributed by atoms with Gasteiger partial charge in [-0.25, -0.2) is 0 Å². The normalized spacial score (nSPS) is 12.4. The van der Waals surface area contributed by atoms with Crippen LogP contribution < -0.4 is 0 Å². The first-order chi connectivity index (χ1) is 6.86. The van der Waals surface area contributed by atoms with Gasteiger partial charge in [-0.2, -0.15) is 0 Å². The summed E-state index contributed by atoms with van der Waals surface area (Å²) >= 11 is 0. The zero-order valence-corrected chi connectivity index (χ0v) is 8.12. The highest BCUT2D eigenvalue weighted by atomic mass is 14.6. The molecule has 14 heavy (non-hydrogen) atoms. The number of pyridine rings is 1. The summed E-state index contributed by atoms with van der Waals surface area (Å²) in [5.74, 6) is 0. The van der Waals surface area contributed by atoms with Crippen molar-refractivity contribution in [3.63, 3.8) is 0 Å². The van der Waals surface area contributed by atoms with Crippen LogP contribution in [0.15, 0.2) is 36.7 Å². The quantitative estimate of drug-likeness (QED) is 0.519. The van der Waals surface area contributed by atoms with Crippen molar-refractivity contribution in [2.75, 3.05) is 0 Å². The van der Waals surface area contributed by atoms with Crippen LogP contribution in [0.3, 0.4) is 0 Å². The lowest BCUT2D eigenvalue weighted by Gasteiger charge is -2.01. The smallest absolute Gasteiger partial charge is 0.0349 e. The number of aryl methyl sites for hydroxylation is 1. The maximum atomic E-state index is 4.25. The minimum Gasteiger partial charge on any atom is -0.264 e. The van der Waals surface area contributed by atoms with Crippen molar-refractivity contribution in [3.05, 3.63) is 53.3 Å². The zero-order chi connectivity index (χ0) is 9.54. The average molecular weight is 181 g/mol. The van der Waals surface area contributed by atoms with E-state index in [9.17, 15) is 0 Å². The van der Waals surface area contributed by atoms with Gasteiger partial charge in [-0.1, -0.05) is 24.3 Å². The SMILES string of the molecule is Cc1cncc2c1Cc1ccccc1-2. The third kappa shape index (κ3) is 0.925. The Labute approximate surface area is 83.4 Å². The summed E-state index contributed by atoms with van der Waals surface area (Å²) in [5, 5.41) is 0. The molecule has 1 aromatic carbocycles. The molecule has 1 heteroatoms. The number of aromatic nitrogens is 1. The molecular formula is C13H11N. The van der Waals surface area contributed by atoms with E-state index in [0.717, 1.165) is 6.42 Å². The Kier molecular flexibility index (Phi) is 1.48. The van der Waals surface area contributed by atoms with Gasteiger partial charge < -0.3 is 0 Å². The summed E-state index contributed by atoms with van der Waals surface area (Å²) in [6, 6.07) is 8.58. The largest absolute Gasteiger partial charge is 0.264 e. The molecule has 3 rings (SSSR count). The van der Waals surface area contributed by atoms with E-state index in [-0.39, 0.29) is 0 Å². The predicted molar refractivity (Wildman–Crippen MR) is 57.2 cm³/mol. The third-order valence-electron chi connectivity index (χ3n) is 2.95. The van der Waals surface area contributed by atoms with Crippen molar-refractivity contribution >= 4 is 0 Å². The Morgan fingerprint density at radius 3 is 2.86 bits per heavy atom. The van der Waals surface area contributed by atoms with E-state index in [0.29, 0.717) is 0 Å². The molecule has 68 valence electrons. The second-order valence-electron chi connectivity index (χ2n) is 3.82. The van der Waals surface area contributed by atoms with E-state index in [1.165, 1.54) is 27.8 Å². The minimum absolute atomic E-state index is 1.07. The Morgan fingerprint density at radius 2 is 1.93 bits per heavy atom. The topological polar surface area (TPSA) is 12.9 Å². The summed E-state index contributed by atoms with van der Waals surface area (Å²) in [6.45, 7) is 2.14. The van der Waals surface area contributed by atoms with Crippen LogP contribution in [0.4, 0.5) is 0 Å². The van der Waals surface area contributed by atoms with Gasteiger partial charge in [0.15, 0.2) is 0 Å². The lowest BCUT2D eigenvalue weighted by molar-refractivity contribution is 1.17. The lowest BCUT2D eigenvalue weighted by Crippen LogP contribution is -1.87. The van der Waals surface area contributed by atoms with Crippen LogP contribution in [0.25, 0.3) is 11.1 Å². The molecule has 0 unspecified atom stereocenters. The predicted octanol–water partition coefficient (Wildman–Crippen LogP) is 2.96. The molecule has 0 fully saturated rings. The first-order valence-corrected chi connectivity index (χ1v) is 4.88. The summed E-state index contributed by atoms with van der Waals surface area (Å²) < 4.78 is 0. The highest BCUT2D eigenvalue weighted by Gasteiger charge is 2.18. The maximum Gasteiger partial charge on any atom is 0.0349 e. The summed E-state index contributed by atoms with van der Waals surface area (Å²) in [6.07, 6.45) is 5.00. The van der Waals surface area contributed by atoms with Crippen LogP contribution in [-0.4, -0.2) is 4.98 Å². The van der Waals surface area contributed by atoms with E-state index in [2.05, 4.69) is 36.2 Å². The van der Waals surface area contributed by atoms with Gasteiger partial charge in [0.2, 0.25) is 0 Å². The Hall–Kier alpha value is -1.63. The molecule has 1 aromatic heterocycles. The molecule has 2 aromatic rings. The average Bonchev–Trinajstić information content (AvgIpc) is 2.59. The van der Waals surface area contributed by atoms with Crippen molar-refractivity contribution < 1.29 is 0 Å². The van der Waals surface area contributed by atoms with Crippen molar-refractivity contribution in [3.8, 4) is 11.1 Å². The number of hydrogen-bond donors (Lipinski definition) is 0. The number of hydrogen-bond acceptors (Lipinski definition) is 1. The van der Waals surface area contributed by atoms with Gasteiger partial charge in [0, 0.05) is 18.0 Å². The van der Waals surface area contributed by atoms with Crippen molar-refractivity contribution in [1.29, 1.82) is 0 Å². The zero-order valence-electron chi connectivity index (χ0n) is 8.12. The molecule has 0 atom stereocenters. The third-order valence-corrected chi connectivity index (χ3v) is 2.95. The van der Waals surface area contributed by atoms with Crippen LogP contribution in [-0.2, 0) is 6.42 Å². The van der Waals surface area contributed by atoms with Crippen molar-refractivity contribution in [1.82, 2.24) is 4.98 Å². The van der Waals surface area contributed by atoms with E-state index in [4.69, 9.17) is 0 Å². The minimum atomic E-state index is 1.07. The molecule has 0 saturated heterocycles. The molecule has 0 spiro atoms. The Balaban J connectivity index is 2.33. The lowest BCUT2D eigenvalue weighted by atomic mass is 10.1. The van der Waals surface area contributed by atoms with Gasteiger partial charge in [0.1, 0.15) is 0 Å².